The average molecular weight is 302 g/mol. The summed E-state index contributed by atoms with van der Waals surface area (Å²) in [7, 11) is 0. The van der Waals surface area contributed by atoms with Crippen molar-refractivity contribution in [2.75, 3.05) is 0 Å². The summed E-state index contributed by atoms with van der Waals surface area (Å²) in [5.41, 5.74) is 1.33. The lowest BCUT2D eigenvalue weighted by atomic mass is 10.0. The number of carbonyl (C=O) groups is 1. The van der Waals surface area contributed by atoms with Crippen LogP contribution < -0.4 is 0 Å². The first kappa shape index (κ1) is 16.5. The molecule has 2 N–H and O–H groups in total. The third kappa shape index (κ3) is 4.55. The molecular weight excluding hydrogens is 280 g/mol. The number of cyclic esters (lactones) is 1. The standard InChI is InChI=1S/C18H22O4/c1-13-7-6-12-17(20)16(19)11-5-3-9-14-8-2-4-10-15(14)18(21)22-13/h2-4,6,8-10,12-13,16-17,19-20H,5,7,11H2,1H3/b9-3+,12-6+/t13-,16-,17+/m0/s1. The van der Waals surface area contributed by atoms with Gasteiger partial charge in [-0.1, -0.05) is 42.5 Å². The normalized spacial score (nSPS) is 29.8. The Morgan fingerprint density at radius 1 is 1.18 bits per heavy atom. The third-order valence-corrected chi connectivity index (χ3v) is 3.61. The maximum atomic E-state index is 12.2. The first-order valence-electron chi connectivity index (χ1n) is 7.57. The molecule has 4 heteroatoms. The molecule has 1 aromatic rings. The summed E-state index contributed by atoms with van der Waals surface area (Å²) < 4.78 is 5.42. The van der Waals surface area contributed by atoms with Crippen LogP contribution in [0.3, 0.4) is 0 Å². The molecule has 0 saturated carbocycles. The Balaban J connectivity index is 2.24. The largest absolute Gasteiger partial charge is 0.459 e. The molecule has 1 aliphatic heterocycles. The highest BCUT2D eigenvalue weighted by Gasteiger charge is 2.16. The van der Waals surface area contributed by atoms with Gasteiger partial charge in [0.15, 0.2) is 0 Å². The number of fused-ring (bicyclic) bond motifs is 1. The van der Waals surface area contributed by atoms with Crippen LogP contribution in [-0.2, 0) is 4.74 Å². The highest BCUT2D eigenvalue weighted by Crippen LogP contribution is 2.16. The second kappa shape index (κ2) is 7.92. The van der Waals surface area contributed by atoms with Crippen molar-refractivity contribution in [2.45, 2.75) is 44.5 Å². The van der Waals surface area contributed by atoms with Gasteiger partial charge in [-0.05, 0) is 31.4 Å². The molecule has 3 atom stereocenters. The van der Waals surface area contributed by atoms with Gasteiger partial charge in [0, 0.05) is 6.42 Å². The Morgan fingerprint density at radius 3 is 2.77 bits per heavy atom. The van der Waals surface area contributed by atoms with Crippen LogP contribution in [0.4, 0.5) is 0 Å². The minimum absolute atomic E-state index is 0.298. The summed E-state index contributed by atoms with van der Waals surface area (Å²) in [6.45, 7) is 1.80. The van der Waals surface area contributed by atoms with Gasteiger partial charge in [0.05, 0.1) is 17.8 Å². The van der Waals surface area contributed by atoms with Gasteiger partial charge in [0.1, 0.15) is 6.10 Å². The zero-order chi connectivity index (χ0) is 15.9. The fourth-order valence-corrected chi connectivity index (χ4v) is 2.31. The Hall–Kier alpha value is -1.91. The van der Waals surface area contributed by atoms with Gasteiger partial charge in [0.25, 0.3) is 0 Å². The Labute approximate surface area is 130 Å². The topological polar surface area (TPSA) is 66.8 Å². The van der Waals surface area contributed by atoms with Gasteiger partial charge in [-0.2, -0.15) is 0 Å². The van der Waals surface area contributed by atoms with E-state index in [9.17, 15) is 15.0 Å². The molecule has 0 bridgehead atoms. The number of hydrogen-bond acceptors (Lipinski definition) is 4. The monoisotopic (exact) mass is 302 g/mol. The van der Waals surface area contributed by atoms with Crippen molar-refractivity contribution in [3.63, 3.8) is 0 Å². The number of rotatable bonds is 0. The van der Waals surface area contributed by atoms with Crippen LogP contribution in [-0.4, -0.2) is 34.5 Å². The van der Waals surface area contributed by atoms with E-state index < -0.39 is 12.2 Å². The summed E-state index contributed by atoms with van der Waals surface area (Å²) in [4.78, 5) is 12.2. The van der Waals surface area contributed by atoms with Gasteiger partial charge in [-0.15, -0.1) is 0 Å². The first-order valence-corrected chi connectivity index (χ1v) is 7.57. The number of aliphatic hydroxyl groups is 2. The van der Waals surface area contributed by atoms with E-state index in [-0.39, 0.29) is 12.1 Å². The van der Waals surface area contributed by atoms with E-state index in [1.807, 2.05) is 30.4 Å². The molecule has 4 nitrogen and oxygen atoms in total. The fraction of sp³-hybridized carbons (Fsp3) is 0.389. The molecule has 0 spiro atoms. The van der Waals surface area contributed by atoms with Crippen molar-refractivity contribution in [1.29, 1.82) is 0 Å². The Bertz CT molecular complexity index is 562. The van der Waals surface area contributed by atoms with Crippen LogP contribution in [0.25, 0.3) is 6.08 Å². The van der Waals surface area contributed by atoms with E-state index in [1.54, 1.807) is 25.1 Å². The Kier molecular flexibility index (Phi) is 5.92. The van der Waals surface area contributed by atoms with Crippen LogP contribution in [0.1, 0.15) is 42.1 Å². The van der Waals surface area contributed by atoms with E-state index >= 15 is 0 Å². The lowest BCUT2D eigenvalue weighted by Gasteiger charge is -2.16. The van der Waals surface area contributed by atoms with Crippen LogP contribution in [0.2, 0.25) is 0 Å². The molecule has 0 amide bonds. The lowest BCUT2D eigenvalue weighted by Crippen LogP contribution is -2.23. The maximum Gasteiger partial charge on any atom is 0.339 e. The van der Waals surface area contributed by atoms with Crippen molar-refractivity contribution in [3.8, 4) is 0 Å². The molecule has 0 aromatic heterocycles. The second-order valence-electron chi connectivity index (χ2n) is 5.50. The molecule has 0 unspecified atom stereocenters. The Morgan fingerprint density at radius 2 is 1.95 bits per heavy atom. The predicted molar refractivity (Wildman–Crippen MR) is 85.4 cm³/mol. The molecule has 0 radical (unpaired) electrons. The molecular formula is C18H22O4. The smallest absolute Gasteiger partial charge is 0.339 e. The summed E-state index contributed by atoms with van der Waals surface area (Å²) >= 11 is 0. The van der Waals surface area contributed by atoms with Crippen LogP contribution in [0.5, 0.6) is 0 Å². The van der Waals surface area contributed by atoms with Gasteiger partial charge in [0.2, 0.25) is 0 Å². The zero-order valence-electron chi connectivity index (χ0n) is 12.7. The molecule has 1 heterocycles. The maximum absolute atomic E-state index is 12.2. The zero-order valence-corrected chi connectivity index (χ0v) is 12.7. The summed E-state index contributed by atoms with van der Waals surface area (Å²) in [6.07, 6.45) is 6.61. The highest BCUT2D eigenvalue weighted by molar-refractivity contribution is 5.93. The quantitative estimate of drug-likeness (QED) is 0.571. The molecule has 22 heavy (non-hydrogen) atoms. The van der Waals surface area contributed by atoms with Gasteiger partial charge < -0.3 is 14.9 Å². The van der Waals surface area contributed by atoms with Crippen molar-refractivity contribution >= 4 is 12.0 Å². The van der Waals surface area contributed by atoms with E-state index in [4.69, 9.17) is 4.74 Å². The number of benzene rings is 1. The molecule has 2 rings (SSSR count). The highest BCUT2D eigenvalue weighted by atomic mass is 16.5. The lowest BCUT2D eigenvalue weighted by molar-refractivity contribution is 0.0340. The number of carbonyl (C=O) groups excluding carboxylic acids is 1. The number of allylic oxidation sites excluding steroid dienone is 1. The minimum atomic E-state index is -0.897. The summed E-state index contributed by atoms with van der Waals surface area (Å²) in [5.74, 6) is -0.348. The summed E-state index contributed by atoms with van der Waals surface area (Å²) in [6, 6.07) is 7.27. The van der Waals surface area contributed by atoms with Crippen LogP contribution in [0.15, 0.2) is 42.5 Å². The molecule has 1 aliphatic rings. The van der Waals surface area contributed by atoms with Gasteiger partial charge in [-0.25, -0.2) is 4.79 Å². The van der Waals surface area contributed by atoms with E-state index in [1.165, 1.54) is 0 Å². The van der Waals surface area contributed by atoms with E-state index in [0.717, 1.165) is 5.56 Å². The number of esters is 1. The molecule has 0 fully saturated rings. The van der Waals surface area contributed by atoms with Gasteiger partial charge in [-0.3, -0.25) is 0 Å². The minimum Gasteiger partial charge on any atom is -0.459 e. The van der Waals surface area contributed by atoms with Crippen LogP contribution >= 0.6 is 0 Å². The van der Waals surface area contributed by atoms with Crippen LogP contribution in [0, 0.1) is 0 Å². The second-order valence-corrected chi connectivity index (χ2v) is 5.50. The average Bonchev–Trinajstić information content (AvgIpc) is 2.50. The number of aliphatic hydroxyl groups excluding tert-OH is 2. The SMILES string of the molecule is C[C@H]1C/C=C/[C@@H](O)[C@@H](O)CC/C=C/c2ccccc2C(=O)O1. The summed E-state index contributed by atoms with van der Waals surface area (Å²) in [5, 5.41) is 19.7. The first-order chi connectivity index (χ1) is 10.6. The van der Waals surface area contributed by atoms with Crippen molar-refractivity contribution in [2.24, 2.45) is 0 Å². The van der Waals surface area contributed by atoms with E-state index in [2.05, 4.69) is 0 Å². The van der Waals surface area contributed by atoms with E-state index in [0.29, 0.717) is 24.8 Å². The van der Waals surface area contributed by atoms with Gasteiger partial charge >= 0.3 is 5.97 Å². The molecule has 1 aromatic carbocycles. The number of ether oxygens (including phenoxy) is 1. The molecule has 0 saturated heterocycles. The molecule has 0 aliphatic carbocycles. The predicted octanol–water partition coefficient (Wildman–Crippen LogP) is 2.71. The number of hydrogen-bond donors (Lipinski definition) is 2. The van der Waals surface area contributed by atoms with Crippen molar-refractivity contribution in [1.82, 2.24) is 0 Å². The third-order valence-electron chi connectivity index (χ3n) is 3.61. The van der Waals surface area contributed by atoms with Crippen molar-refractivity contribution < 1.29 is 19.7 Å². The fourth-order valence-electron chi connectivity index (χ4n) is 2.31. The molecule has 118 valence electrons. The van der Waals surface area contributed by atoms with Crippen molar-refractivity contribution in [3.05, 3.63) is 53.6 Å².